The minimum atomic E-state index is -0.0309. The van der Waals surface area contributed by atoms with Gasteiger partial charge in [-0.1, -0.05) is 18.2 Å². The highest BCUT2D eigenvalue weighted by Gasteiger charge is 2.18. The molecule has 2 aromatic heterocycles. The third-order valence-electron chi connectivity index (χ3n) is 4.60. The number of carbonyl (C=O) groups excluding carboxylic acids is 1. The monoisotopic (exact) mass is 366 g/mol. The largest absolute Gasteiger partial charge is 0.352 e. The Morgan fingerprint density at radius 3 is 2.85 bits per heavy atom. The number of fused-ring (bicyclic) bond motifs is 1. The summed E-state index contributed by atoms with van der Waals surface area (Å²) in [6.45, 7) is 5.47. The molecule has 3 heterocycles. The Kier molecular flexibility index (Phi) is 4.75. The summed E-state index contributed by atoms with van der Waals surface area (Å²) in [6, 6.07) is 14.1. The van der Waals surface area contributed by atoms with Crippen LogP contribution in [0.3, 0.4) is 0 Å². The van der Waals surface area contributed by atoms with Gasteiger partial charge in [0, 0.05) is 36.1 Å². The van der Waals surface area contributed by atoms with E-state index in [9.17, 15) is 4.79 Å². The SMILES string of the molecule is Cc1cc2n(n1)CCCN2Cc1ccc(C(=O)NCc2cccs2)cc1. The van der Waals surface area contributed by atoms with E-state index in [2.05, 4.69) is 26.1 Å². The van der Waals surface area contributed by atoms with Gasteiger partial charge in [0.1, 0.15) is 5.82 Å². The van der Waals surface area contributed by atoms with Crippen LogP contribution < -0.4 is 10.2 Å². The van der Waals surface area contributed by atoms with Crippen molar-refractivity contribution in [3.05, 3.63) is 69.5 Å². The molecule has 1 N–H and O–H groups in total. The van der Waals surface area contributed by atoms with Crippen LogP contribution in [-0.4, -0.2) is 22.2 Å². The topological polar surface area (TPSA) is 50.2 Å². The number of hydrogen-bond acceptors (Lipinski definition) is 4. The number of rotatable bonds is 5. The Balaban J connectivity index is 1.39. The first kappa shape index (κ1) is 16.8. The molecule has 0 fully saturated rings. The third kappa shape index (κ3) is 3.65. The van der Waals surface area contributed by atoms with Crippen molar-refractivity contribution in [1.82, 2.24) is 15.1 Å². The molecule has 26 heavy (non-hydrogen) atoms. The van der Waals surface area contributed by atoms with E-state index in [4.69, 9.17) is 0 Å². The molecule has 0 bridgehead atoms. The molecule has 134 valence electrons. The molecule has 0 spiro atoms. The van der Waals surface area contributed by atoms with Gasteiger partial charge in [0.05, 0.1) is 12.2 Å². The van der Waals surface area contributed by atoms with Gasteiger partial charge in [-0.25, -0.2) is 4.68 Å². The number of aryl methyl sites for hydroxylation is 2. The van der Waals surface area contributed by atoms with E-state index in [1.54, 1.807) is 11.3 Å². The Bertz CT molecular complexity index is 883. The van der Waals surface area contributed by atoms with Crippen LogP contribution in [0.2, 0.25) is 0 Å². The number of hydrogen-bond donors (Lipinski definition) is 1. The first-order valence-electron chi connectivity index (χ1n) is 8.88. The van der Waals surface area contributed by atoms with Gasteiger partial charge < -0.3 is 10.2 Å². The van der Waals surface area contributed by atoms with E-state index in [-0.39, 0.29) is 5.91 Å². The third-order valence-corrected chi connectivity index (χ3v) is 5.47. The number of nitrogens with zero attached hydrogens (tertiary/aromatic N) is 3. The number of nitrogens with one attached hydrogen (secondary N) is 1. The second-order valence-electron chi connectivity index (χ2n) is 6.60. The number of amides is 1. The lowest BCUT2D eigenvalue weighted by Crippen LogP contribution is -2.31. The lowest BCUT2D eigenvalue weighted by molar-refractivity contribution is 0.0951. The quantitative estimate of drug-likeness (QED) is 0.751. The van der Waals surface area contributed by atoms with E-state index in [0.717, 1.165) is 36.6 Å². The number of carbonyl (C=O) groups is 1. The van der Waals surface area contributed by atoms with Gasteiger partial charge >= 0.3 is 0 Å². The van der Waals surface area contributed by atoms with Crippen LogP contribution in [0, 0.1) is 6.92 Å². The molecule has 1 aliphatic heterocycles. The van der Waals surface area contributed by atoms with Crippen LogP contribution >= 0.6 is 11.3 Å². The molecule has 5 nitrogen and oxygen atoms in total. The lowest BCUT2D eigenvalue weighted by Gasteiger charge is -2.29. The average molecular weight is 366 g/mol. The van der Waals surface area contributed by atoms with E-state index in [1.165, 1.54) is 11.4 Å². The molecule has 6 heteroatoms. The molecule has 1 aromatic carbocycles. The van der Waals surface area contributed by atoms with Gasteiger partial charge in [-0.2, -0.15) is 5.10 Å². The molecule has 0 saturated carbocycles. The van der Waals surface area contributed by atoms with Crippen LogP contribution in [0.5, 0.6) is 0 Å². The molecular weight excluding hydrogens is 344 g/mol. The molecule has 4 rings (SSSR count). The maximum atomic E-state index is 12.3. The predicted octanol–water partition coefficient (Wildman–Crippen LogP) is 3.59. The van der Waals surface area contributed by atoms with Crippen LogP contribution in [-0.2, 0) is 19.6 Å². The number of aromatic nitrogens is 2. The van der Waals surface area contributed by atoms with Gasteiger partial charge in [0.15, 0.2) is 0 Å². The van der Waals surface area contributed by atoms with Crippen molar-refractivity contribution in [1.29, 1.82) is 0 Å². The van der Waals surface area contributed by atoms with Gasteiger partial charge in [0.25, 0.3) is 5.91 Å². The molecule has 0 radical (unpaired) electrons. The standard InChI is InChI=1S/C20H22N4OS/c1-15-12-19-23(9-3-10-24(19)22-15)14-16-5-7-17(8-6-16)20(25)21-13-18-4-2-11-26-18/h2,4-8,11-12H,3,9-10,13-14H2,1H3,(H,21,25). The summed E-state index contributed by atoms with van der Waals surface area (Å²) in [5.41, 5.74) is 2.96. The Hall–Kier alpha value is -2.60. The number of benzene rings is 1. The smallest absolute Gasteiger partial charge is 0.251 e. The second kappa shape index (κ2) is 7.33. The summed E-state index contributed by atoms with van der Waals surface area (Å²) in [6.07, 6.45) is 1.11. The normalized spacial score (nSPS) is 13.5. The minimum Gasteiger partial charge on any atom is -0.352 e. The molecule has 3 aromatic rings. The van der Waals surface area contributed by atoms with Crippen LogP contribution in [0.25, 0.3) is 0 Å². The number of anilines is 1. The van der Waals surface area contributed by atoms with Gasteiger partial charge in [-0.05, 0) is 42.5 Å². The molecular formula is C20H22N4OS. The van der Waals surface area contributed by atoms with Crippen molar-refractivity contribution in [2.45, 2.75) is 33.0 Å². The maximum Gasteiger partial charge on any atom is 0.251 e. The van der Waals surface area contributed by atoms with Crippen molar-refractivity contribution in [2.75, 3.05) is 11.4 Å². The van der Waals surface area contributed by atoms with Gasteiger partial charge in [0.2, 0.25) is 0 Å². The first-order valence-corrected chi connectivity index (χ1v) is 9.76. The molecule has 1 amide bonds. The highest BCUT2D eigenvalue weighted by molar-refractivity contribution is 7.09. The van der Waals surface area contributed by atoms with Gasteiger partial charge in [-0.15, -0.1) is 11.3 Å². The van der Waals surface area contributed by atoms with Crippen molar-refractivity contribution < 1.29 is 4.79 Å². The highest BCUT2D eigenvalue weighted by Crippen LogP contribution is 2.23. The summed E-state index contributed by atoms with van der Waals surface area (Å²) in [4.78, 5) is 15.8. The summed E-state index contributed by atoms with van der Waals surface area (Å²) in [5.74, 6) is 1.16. The van der Waals surface area contributed by atoms with Crippen molar-refractivity contribution in [2.24, 2.45) is 0 Å². The van der Waals surface area contributed by atoms with E-state index in [0.29, 0.717) is 12.1 Å². The van der Waals surface area contributed by atoms with Crippen LogP contribution in [0.1, 0.15) is 32.9 Å². The van der Waals surface area contributed by atoms with E-state index in [1.807, 2.05) is 48.7 Å². The Morgan fingerprint density at radius 2 is 2.08 bits per heavy atom. The summed E-state index contributed by atoms with van der Waals surface area (Å²) in [7, 11) is 0. The first-order chi connectivity index (χ1) is 12.7. The summed E-state index contributed by atoms with van der Waals surface area (Å²) < 4.78 is 2.09. The predicted molar refractivity (Wildman–Crippen MR) is 105 cm³/mol. The highest BCUT2D eigenvalue weighted by atomic mass is 32.1. The van der Waals surface area contributed by atoms with Crippen molar-refractivity contribution >= 4 is 23.1 Å². The zero-order valence-corrected chi connectivity index (χ0v) is 15.6. The second-order valence-corrected chi connectivity index (χ2v) is 7.63. The molecule has 1 aliphatic rings. The van der Waals surface area contributed by atoms with Crippen molar-refractivity contribution in [3.8, 4) is 0 Å². The zero-order valence-electron chi connectivity index (χ0n) is 14.8. The Morgan fingerprint density at radius 1 is 1.23 bits per heavy atom. The van der Waals surface area contributed by atoms with Crippen LogP contribution in [0.15, 0.2) is 47.8 Å². The molecule has 0 aliphatic carbocycles. The minimum absolute atomic E-state index is 0.0309. The Labute approximate surface area is 157 Å². The number of thiophene rings is 1. The van der Waals surface area contributed by atoms with Gasteiger partial charge in [-0.3, -0.25) is 4.79 Å². The van der Waals surface area contributed by atoms with E-state index >= 15 is 0 Å². The molecule has 0 atom stereocenters. The molecule has 0 saturated heterocycles. The van der Waals surface area contributed by atoms with Crippen molar-refractivity contribution in [3.63, 3.8) is 0 Å². The fourth-order valence-corrected chi connectivity index (χ4v) is 3.95. The molecule has 0 unspecified atom stereocenters. The summed E-state index contributed by atoms with van der Waals surface area (Å²) in [5, 5.41) is 9.53. The van der Waals surface area contributed by atoms with Crippen LogP contribution in [0.4, 0.5) is 5.82 Å². The maximum absolute atomic E-state index is 12.3. The zero-order chi connectivity index (χ0) is 17.9. The fourth-order valence-electron chi connectivity index (χ4n) is 3.30. The average Bonchev–Trinajstić information content (AvgIpc) is 3.29. The summed E-state index contributed by atoms with van der Waals surface area (Å²) >= 11 is 1.65. The fraction of sp³-hybridized carbons (Fsp3) is 0.300. The van der Waals surface area contributed by atoms with E-state index < -0.39 is 0 Å². The lowest BCUT2D eigenvalue weighted by atomic mass is 10.1.